The number of thiophene rings is 1. The minimum atomic E-state index is -3.88. The van der Waals surface area contributed by atoms with E-state index >= 15 is 0 Å². The molecule has 1 aliphatic rings. The number of hydrogen-bond donors (Lipinski definition) is 0. The summed E-state index contributed by atoms with van der Waals surface area (Å²) in [4.78, 5) is 1.12. The van der Waals surface area contributed by atoms with Gasteiger partial charge in [0, 0.05) is 6.42 Å². The number of methoxy groups -OCH3 is 3. The first-order valence-corrected chi connectivity index (χ1v) is 11.8. The van der Waals surface area contributed by atoms with Crippen molar-refractivity contribution in [3.8, 4) is 17.2 Å². The average molecular weight is 459 g/mol. The summed E-state index contributed by atoms with van der Waals surface area (Å²) in [6.07, 6.45) is 0.422. The monoisotopic (exact) mass is 458 g/mol. The number of hydrogen-bond acceptors (Lipinski definition) is 7. The van der Waals surface area contributed by atoms with Crippen molar-refractivity contribution < 1.29 is 22.6 Å². The van der Waals surface area contributed by atoms with Gasteiger partial charge in [0.05, 0.1) is 42.9 Å². The Morgan fingerprint density at radius 2 is 1.65 bits per heavy atom. The van der Waals surface area contributed by atoms with Gasteiger partial charge in [-0.15, -0.1) is 11.3 Å². The third-order valence-corrected chi connectivity index (χ3v) is 7.65. The summed E-state index contributed by atoms with van der Waals surface area (Å²) in [6, 6.07) is 15.2. The van der Waals surface area contributed by atoms with Crippen molar-refractivity contribution in [2.45, 2.75) is 17.4 Å². The van der Waals surface area contributed by atoms with Crippen molar-refractivity contribution in [1.82, 2.24) is 4.41 Å². The fourth-order valence-corrected chi connectivity index (χ4v) is 5.72. The van der Waals surface area contributed by atoms with Crippen LogP contribution in [0.25, 0.3) is 0 Å². The van der Waals surface area contributed by atoms with Crippen LogP contribution < -0.4 is 14.2 Å². The van der Waals surface area contributed by atoms with Gasteiger partial charge in [-0.3, -0.25) is 0 Å². The standard InChI is InChI=1S/C22H22N2O5S2/c1-27-19-12-15(13-20(28-2)22(19)29-3)18-14-17(21-10-7-11-30-21)23-24(18)31(25,26)16-8-5-4-6-9-16/h4-13,18H,14H2,1-3H3. The molecule has 3 aromatic rings. The zero-order valence-corrected chi connectivity index (χ0v) is 18.9. The van der Waals surface area contributed by atoms with Crippen molar-refractivity contribution in [3.05, 3.63) is 70.4 Å². The van der Waals surface area contributed by atoms with E-state index in [2.05, 4.69) is 5.10 Å². The summed E-state index contributed by atoms with van der Waals surface area (Å²) < 4.78 is 44.6. The molecule has 31 heavy (non-hydrogen) atoms. The van der Waals surface area contributed by atoms with Crippen molar-refractivity contribution in [2.75, 3.05) is 21.3 Å². The van der Waals surface area contributed by atoms with Gasteiger partial charge < -0.3 is 14.2 Å². The molecule has 2 heterocycles. The van der Waals surface area contributed by atoms with Gasteiger partial charge in [-0.05, 0) is 41.3 Å². The Labute approximate surface area is 185 Å². The second-order valence-electron chi connectivity index (χ2n) is 6.79. The summed E-state index contributed by atoms with van der Waals surface area (Å²) in [6.45, 7) is 0. The van der Waals surface area contributed by atoms with E-state index in [-0.39, 0.29) is 4.90 Å². The fraction of sp³-hybridized carbons (Fsp3) is 0.227. The molecule has 7 nitrogen and oxygen atoms in total. The summed E-state index contributed by atoms with van der Waals surface area (Å²) in [5.74, 6) is 1.36. The Balaban J connectivity index is 1.85. The molecular weight excluding hydrogens is 436 g/mol. The molecule has 0 amide bonds. The Kier molecular flexibility index (Phi) is 5.88. The molecule has 1 atom stereocenters. The van der Waals surface area contributed by atoms with Crippen molar-refractivity contribution in [2.24, 2.45) is 5.10 Å². The van der Waals surface area contributed by atoms with Crippen LogP contribution >= 0.6 is 11.3 Å². The number of hydrazone groups is 1. The number of nitrogens with zero attached hydrogens (tertiary/aromatic N) is 2. The molecule has 9 heteroatoms. The van der Waals surface area contributed by atoms with E-state index in [0.717, 1.165) is 4.88 Å². The van der Waals surface area contributed by atoms with Crippen LogP contribution in [-0.2, 0) is 10.0 Å². The molecule has 0 fully saturated rings. The van der Waals surface area contributed by atoms with E-state index in [9.17, 15) is 8.42 Å². The Hall–Kier alpha value is -3.04. The predicted octanol–water partition coefficient (Wildman–Crippen LogP) is 4.31. The topological polar surface area (TPSA) is 77.4 Å². The molecule has 0 N–H and O–H groups in total. The van der Waals surface area contributed by atoms with Crippen LogP contribution in [0.5, 0.6) is 17.2 Å². The van der Waals surface area contributed by atoms with E-state index in [0.29, 0.717) is 34.9 Å². The van der Waals surface area contributed by atoms with E-state index in [1.165, 1.54) is 37.1 Å². The molecule has 0 saturated carbocycles. The van der Waals surface area contributed by atoms with Gasteiger partial charge in [0.1, 0.15) is 0 Å². The molecule has 2 aromatic carbocycles. The summed E-state index contributed by atoms with van der Waals surface area (Å²) in [5, 5.41) is 6.49. The van der Waals surface area contributed by atoms with Gasteiger partial charge in [0.15, 0.2) is 11.5 Å². The normalized spacial score (nSPS) is 16.2. The highest BCUT2D eigenvalue weighted by Crippen LogP contribution is 2.44. The molecule has 0 aliphatic carbocycles. The van der Waals surface area contributed by atoms with Crippen molar-refractivity contribution >= 4 is 27.1 Å². The molecular formula is C22H22N2O5S2. The lowest BCUT2D eigenvalue weighted by Crippen LogP contribution is -2.27. The van der Waals surface area contributed by atoms with Gasteiger partial charge in [0.25, 0.3) is 10.0 Å². The third-order valence-electron chi connectivity index (χ3n) is 5.04. The van der Waals surface area contributed by atoms with E-state index in [1.807, 2.05) is 17.5 Å². The Morgan fingerprint density at radius 3 is 2.19 bits per heavy atom. The minimum Gasteiger partial charge on any atom is -0.493 e. The number of rotatable bonds is 7. The summed E-state index contributed by atoms with van der Waals surface area (Å²) >= 11 is 1.53. The predicted molar refractivity (Wildman–Crippen MR) is 120 cm³/mol. The van der Waals surface area contributed by atoms with Crippen LogP contribution in [0.4, 0.5) is 0 Å². The molecule has 162 valence electrons. The maximum atomic E-state index is 13.5. The van der Waals surface area contributed by atoms with Crippen LogP contribution in [0.1, 0.15) is 22.9 Å². The van der Waals surface area contributed by atoms with Gasteiger partial charge in [-0.2, -0.15) is 17.9 Å². The maximum Gasteiger partial charge on any atom is 0.279 e. The second-order valence-corrected chi connectivity index (χ2v) is 9.54. The average Bonchev–Trinajstić information content (AvgIpc) is 3.49. The lowest BCUT2D eigenvalue weighted by molar-refractivity contribution is 0.319. The first-order chi connectivity index (χ1) is 15.0. The molecule has 4 rings (SSSR count). The second kappa shape index (κ2) is 8.60. The van der Waals surface area contributed by atoms with Crippen molar-refractivity contribution in [3.63, 3.8) is 0 Å². The quantitative estimate of drug-likeness (QED) is 0.527. The molecule has 0 spiro atoms. The largest absolute Gasteiger partial charge is 0.493 e. The molecule has 1 aromatic heterocycles. The van der Waals surface area contributed by atoms with E-state index in [1.54, 1.807) is 42.5 Å². The lowest BCUT2D eigenvalue weighted by atomic mass is 10.0. The third kappa shape index (κ3) is 3.86. The Morgan fingerprint density at radius 1 is 0.968 bits per heavy atom. The van der Waals surface area contributed by atoms with Crippen molar-refractivity contribution in [1.29, 1.82) is 0 Å². The first-order valence-electron chi connectivity index (χ1n) is 9.50. The zero-order chi connectivity index (χ0) is 22.0. The Bertz CT molecular complexity index is 1170. The van der Waals surface area contributed by atoms with E-state index < -0.39 is 16.1 Å². The number of sulfonamides is 1. The smallest absolute Gasteiger partial charge is 0.279 e. The summed E-state index contributed by atoms with van der Waals surface area (Å²) in [5.41, 5.74) is 1.41. The molecule has 0 saturated heterocycles. The van der Waals surface area contributed by atoms with Gasteiger partial charge in [-0.25, -0.2) is 0 Å². The first kappa shape index (κ1) is 21.2. The minimum absolute atomic E-state index is 0.184. The van der Waals surface area contributed by atoms with Crippen LogP contribution in [0.15, 0.2) is 70.0 Å². The molecule has 1 aliphatic heterocycles. The van der Waals surface area contributed by atoms with Crippen LogP contribution in [-0.4, -0.2) is 39.9 Å². The lowest BCUT2D eigenvalue weighted by Gasteiger charge is -2.24. The van der Waals surface area contributed by atoms with Gasteiger partial charge >= 0.3 is 0 Å². The number of benzene rings is 2. The number of ether oxygens (including phenoxy) is 3. The fourth-order valence-electron chi connectivity index (χ4n) is 3.54. The van der Waals surface area contributed by atoms with E-state index in [4.69, 9.17) is 14.2 Å². The SMILES string of the molecule is COc1cc(C2CC(c3cccs3)=NN2S(=O)(=O)c2ccccc2)cc(OC)c1OC. The van der Waals surface area contributed by atoms with Crippen LogP contribution in [0, 0.1) is 0 Å². The van der Waals surface area contributed by atoms with Gasteiger partial charge in [0.2, 0.25) is 5.75 Å². The van der Waals surface area contributed by atoms with Gasteiger partial charge in [-0.1, -0.05) is 24.3 Å². The highest BCUT2D eigenvalue weighted by atomic mass is 32.2. The molecule has 0 radical (unpaired) electrons. The highest BCUT2D eigenvalue weighted by Gasteiger charge is 2.38. The summed E-state index contributed by atoms with van der Waals surface area (Å²) in [7, 11) is 0.709. The molecule has 1 unspecified atom stereocenters. The molecule has 0 bridgehead atoms. The zero-order valence-electron chi connectivity index (χ0n) is 17.3. The van der Waals surface area contributed by atoms with Crippen LogP contribution in [0.2, 0.25) is 0 Å². The maximum absolute atomic E-state index is 13.5. The van der Waals surface area contributed by atoms with Crippen LogP contribution in [0.3, 0.4) is 0 Å². The highest BCUT2D eigenvalue weighted by molar-refractivity contribution is 7.89.